The van der Waals surface area contributed by atoms with Crippen molar-refractivity contribution < 1.29 is 9.53 Å². The van der Waals surface area contributed by atoms with Gasteiger partial charge >= 0.3 is 0 Å². The number of H-pyrrole nitrogens is 1. The summed E-state index contributed by atoms with van der Waals surface area (Å²) in [6, 6.07) is 7.80. The Kier molecular flexibility index (Phi) is 5.37. The smallest absolute Gasteiger partial charge is 0.268 e. The van der Waals surface area contributed by atoms with Crippen molar-refractivity contribution in [2.24, 2.45) is 0 Å². The van der Waals surface area contributed by atoms with E-state index in [9.17, 15) is 9.59 Å². The topological polar surface area (TPSA) is 75.3 Å². The van der Waals surface area contributed by atoms with Gasteiger partial charge in [-0.25, -0.2) is 4.98 Å². The first-order chi connectivity index (χ1) is 12.4. The number of aryl methyl sites for hydroxylation is 2. The maximum Gasteiger partial charge on any atom is 0.268 e. The van der Waals surface area contributed by atoms with E-state index in [2.05, 4.69) is 9.97 Å². The monoisotopic (exact) mass is 371 g/mol. The molecule has 0 fully saturated rings. The molecule has 0 unspecified atom stereocenters. The molecule has 1 aromatic carbocycles. The van der Waals surface area contributed by atoms with Gasteiger partial charge in [0.15, 0.2) is 0 Å². The fraction of sp³-hybridized carbons (Fsp3) is 0.316. The van der Waals surface area contributed by atoms with Crippen molar-refractivity contribution >= 4 is 27.5 Å². The van der Waals surface area contributed by atoms with Crippen molar-refractivity contribution in [2.75, 3.05) is 13.7 Å². The van der Waals surface area contributed by atoms with Crippen LogP contribution in [0.25, 0.3) is 10.2 Å². The van der Waals surface area contributed by atoms with Gasteiger partial charge < -0.3 is 14.6 Å². The number of benzene rings is 1. The molecule has 0 bridgehead atoms. The van der Waals surface area contributed by atoms with Crippen molar-refractivity contribution in [1.82, 2.24) is 14.9 Å². The van der Waals surface area contributed by atoms with E-state index in [0.717, 1.165) is 16.9 Å². The third kappa shape index (κ3) is 4.11. The quantitative estimate of drug-likeness (QED) is 0.723. The molecule has 0 radical (unpaired) electrons. The zero-order valence-corrected chi connectivity index (χ0v) is 15.9. The molecule has 0 saturated carbocycles. The molecule has 1 N–H and O–H groups in total. The highest BCUT2D eigenvalue weighted by Gasteiger charge is 2.13. The standard InChI is InChI=1S/C19H21N3O3S/c1-12-4-5-13(2)15(10-12)25-8-6-17(23)22(3)11-16-20-14-7-9-26-18(14)19(24)21-16/h4-5,7,9-10H,6,8,11H2,1-3H3,(H,20,21,24). The molecule has 0 aliphatic carbocycles. The SMILES string of the molecule is Cc1ccc(C)c(OCCC(=O)N(C)Cc2nc3ccsc3c(=O)[nH]2)c1. The fourth-order valence-electron chi connectivity index (χ4n) is 2.61. The van der Waals surface area contributed by atoms with Crippen LogP contribution in [-0.2, 0) is 11.3 Å². The Morgan fingerprint density at radius 1 is 1.31 bits per heavy atom. The molecule has 26 heavy (non-hydrogen) atoms. The average molecular weight is 371 g/mol. The molecule has 0 saturated heterocycles. The number of thiophene rings is 1. The van der Waals surface area contributed by atoms with Gasteiger partial charge in [0, 0.05) is 7.05 Å². The Bertz CT molecular complexity index is 993. The van der Waals surface area contributed by atoms with Gasteiger partial charge in [0.25, 0.3) is 5.56 Å². The first kappa shape index (κ1) is 18.1. The highest BCUT2D eigenvalue weighted by Crippen LogP contribution is 2.19. The molecule has 0 atom stereocenters. The predicted molar refractivity (Wildman–Crippen MR) is 103 cm³/mol. The van der Waals surface area contributed by atoms with E-state index in [4.69, 9.17) is 4.74 Å². The van der Waals surface area contributed by atoms with Gasteiger partial charge in [-0.3, -0.25) is 9.59 Å². The minimum Gasteiger partial charge on any atom is -0.493 e. The zero-order chi connectivity index (χ0) is 18.7. The number of fused-ring (bicyclic) bond motifs is 1. The average Bonchev–Trinajstić information content (AvgIpc) is 3.07. The molecule has 136 valence electrons. The minimum absolute atomic E-state index is 0.0663. The Labute approximate surface area is 155 Å². The van der Waals surface area contributed by atoms with Gasteiger partial charge in [0.1, 0.15) is 16.3 Å². The summed E-state index contributed by atoms with van der Waals surface area (Å²) < 4.78 is 6.34. The molecule has 3 rings (SSSR count). The van der Waals surface area contributed by atoms with Gasteiger partial charge in [-0.1, -0.05) is 12.1 Å². The Hall–Kier alpha value is -2.67. The van der Waals surface area contributed by atoms with Crippen molar-refractivity contribution in [1.29, 1.82) is 0 Å². The molecule has 0 aliphatic heterocycles. The Morgan fingerprint density at radius 3 is 2.92 bits per heavy atom. The lowest BCUT2D eigenvalue weighted by Crippen LogP contribution is -2.29. The van der Waals surface area contributed by atoms with E-state index in [0.29, 0.717) is 22.6 Å². The van der Waals surface area contributed by atoms with Gasteiger partial charge in [0.2, 0.25) is 5.91 Å². The predicted octanol–water partition coefficient (Wildman–Crippen LogP) is 3.03. The van der Waals surface area contributed by atoms with E-state index in [-0.39, 0.29) is 24.4 Å². The molecular weight excluding hydrogens is 350 g/mol. The van der Waals surface area contributed by atoms with E-state index >= 15 is 0 Å². The van der Waals surface area contributed by atoms with Crippen molar-refractivity contribution in [2.45, 2.75) is 26.8 Å². The summed E-state index contributed by atoms with van der Waals surface area (Å²) in [4.78, 5) is 33.0. The van der Waals surface area contributed by atoms with Gasteiger partial charge in [-0.05, 0) is 42.5 Å². The van der Waals surface area contributed by atoms with Crippen LogP contribution in [0.15, 0.2) is 34.4 Å². The second-order valence-corrected chi connectivity index (χ2v) is 7.18. The summed E-state index contributed by atoms with van der Waals surface area (Å²) in [6.07, 6.45) is 0.259. The number of nitrogens with one attached hydrogen (secondary N) is 1. The molecule has 0 spiro atoms. The van der Waals surface area contributed by atoms with Crippen molar-refractivity contribution in [3.63, 3.8) is 0 Å². The largest absolute Gasteiger partial charge is 0.493 e. The highest BCUT2D eigenvalue weighted by molar-refractivity contribution is 7.17. The maximum absolute atomic E-state index is 12.3. The third-order valence-electron chi connectivity index (χ3n) is 4.09. The molecule has 0 aliphatic rings. The second kappa shape index (κ2) is 7.70. The van der Waals surface area contributed by atoms with Crippen LogP contribution >= 0.6 is 11.3 Å². The number of hydrogen-bond donors (Lipinski definition) is 1. The van der Waals surface area contributed by atoms with Crippen LogP contribution < -0.4 is 10.3 Å². The molecular formula is C19H21N3O3S. The summed E-state index contributed by atoms with van der Waals surface area (Å²) in [6.45, 7) is 4.54. The number of hydrogen-bond acceptors (Lipinski definition) is 5. The fourth-order valence-corrected chi connectivity index (χ4v) is 3.34. The lowest BCUT2D eigenvalue weighted by Gasteiger charge is -2.17. The third-order valence-corrected chi connectivity index (χ3v) is 5.00. The number of aromatic nitrogens is 2. The van der Waals surface area contributed by atoms with Gasteiger partial charge in [-0.2, -0.15) is 0 Å². The number of nitrogens with zero attached hydrogens (tertiary/aromatic N) is 2. The summed E-state index contributed by atoms with van der Waals surface area (Å²) in [5.74, 6) is 1.21. The lowest BCUT2D eigenvalue weighted by molar-refractivity contribution is -0.131. The van der Waals surface area contributed by atoms with Gasteiger partial charge in [-0.15, -0.1) is 11.3 Å². The van der Waals surface area contributed by atoms with Crippen LogP contribution in [0.5, 0.6) is 5.75 Å². The second-order valence-electron chi connectivity index (χ2n) is 6.26. The maximum atomic E-state index is 12.3. The van der Waals surface area contributed by atoms with Crippen LogP contribution in [0.3, 0.4) is 0 Å². The normalized spacial score (nSPS) is 10.9. The van der Waals surface area contributed by atoms with Gasteiger partial charge in [0.05, 0.1) is 25.1 Å². The van der Waals surface area contributed by atoms with Crippen molar-refractivity contribution in [3.8, 4) is 5.75 Å². The Morgan fingerprint density at radius 2 is 2.12 bits per heavy atom. The van der Waals surface area contributed by atoms with E-state index in [1.54, 1.807) is 18.0 Å². The van der Waals surface area contributed by atoms with Crippen LogP contribution in [0.4, 0.5) is 0 Å². The lowest BCUT2D eigenvalue weighted by atomic mass is 10.1. The number of carbonyl (C=O) groups excluding carboxylic acids is 1. The highest BCUT2D eigenvalue weighted by atomic mass is 32.1. The first-order valence-corrected chi connectivity index (χ1v) is 9.22. The molecule has 1 amide bonds. The molecule has 7 heteroatoms. The van der Waals surface area contributed by atoms with Crippen LogP contribution in [0, 0.1) is 13.8 Å². The first-order valence-electron chi connectivity index (χ1n) is 8.34. The van der Waals surface area contributed by atoms with Crippen LogP contribution in [0.2, 0.25) is 0 Å². The summed E-state index contributed by atoms with van der Waals surface area (Å²) >= 11 is 1.36. The molecule has 6 nitrogen and oxygen atoms in total. The molecule has 3 aromatic rings. The summed E-state index contributed by atoms with van der Waals surface area (Å²) in [5, 5.41) is 1.83. The minimum atomic E-state index is -0.167. The number of aromatic amines is 1. The number of ether oxygens (including phenoxy) is 1. The summed E-state index contributed by atoms with van der Waals surface area (Å²) in [5.41, 5.74) is 2.65. The van der Waals surface area contributed by atoms with Crippen molar-refractivity contribution in [3.05, 3.63) is 57.0 Å². The Balaban J connectivity index is 1.57. The van der Waals surface area contributed by atoms with E-state index in [1.165, 1.54) is 11.3 Å². The van der Waals surface area contributed by atoms with Crippen LogP contribution in [-0.4, -0.2) is 34.4 Å². The zero-order valence-electron chi connectivity index (χ0n) is 15.0. The number of amides is 1. The van der Waals surface area contributed by atoms with E-state index in [1.807, 2.05) is 37.4 Å². The number of rotatable bonds is 6. The van der Waals surface area contributed by atoms with Crippen LogP contribution in [0.1, 0.15) is 23.4 Å². The molecule has 2 aromatic heterocycles. The summed E-state index contributed by atoms with van der Waals surface area (Å²) in [7, 11) is 1.69. The van der Waals surface area contributed by atoms with E-state index < -0.39 is 0 Å². The number of carbonyl (C=O) groups is 1. The molecule has 2 heterocycles.